The van der Waals surface area contributed by atoms with Crippen molar-refractivity contribution < 1.29 is 9.66 Å². The Labute approximate surface area is 76.7 Å². The van der Waals surface area contributed by atoms with Gasteiger partial charge < -0.3 is 14.9 Å². The van der Waals surface area contributed by atoms with Crippen molar-refractivity contribution in [1.29, 1.82) is 0 Å². The van der Waals surface area contributed by atoms with Crippen LogP contribution in [0.5, 0.6) is 5.75 Å². The van der Waals surface area contributed by atoms with Crippen molar-refractivity contribution in [2.45, 2.75) is 0 Å². The molecule has 0 atom stereocenters. The van der Waals surface area contributed by atoms with Crippen LogP contribution >= 0.6 is 15.9 Å². The van der Waals surface area contributed by atoms with E-state index in [2.05, 4.69) is 20.9 Å². The Morgan fingerprint density at radius 1 is 1.75 bits per heavy atom. The van der Waals surface area contributed by atoms with Crippen molar-refractivity contribution in [1.82, 2.24) is 4.98 Å². The average Bonchev–Trinajstić information content (AvgIpc) is 2.03. The van der Waals surface area contributed by atoms with E-state index in [9.17, 15) is 10.1 Å². The van der Waals surface area contributed by atoms with Gasteiger partial charge in [-0.1, -0.05) is 0 Å². The predicted octanol–water partition coefficient (Wildman–Crippen LogP) is 1.76. The fourth-order valence-electron chi connectivity index (χ4n) is 0.733. The minimum Gasteiger partial charge on any atom is -0.488 e. The summed E-state index contributed by atoms with van der Waals surface area (Å²) in [5, 5.41) is 10.4. The average molecular weight is 233 g/mol. The lowest BCUT2D eigenvalue weighted by Gasteiger charge is -2.01. The maximum atomic E-state index is 10.4. The summed E-state index contributed by atoms with van der Waals surface area (Å²) < 4.78 is 5.31. The summed E-state index contributed by atoms with van der Waals surface area (Å²) in [6.45, 7) is 0. The van der Waals surface area contributed by atoms with Crippen LogP contribution in [0.15, 0.2) is 16.7 Å². The van der Waals surface area contributed by atoms with Crippen molar-refractivity contribution in [3.8, 4) is 5.75 Å². The van der Waals surface area contributed by atoms with Gasteiger partial charge in [0.25, 0.3) is 0 Å². The van der Waals surface area contributed by atoms with Crippen LogP contribution in [0, 0.1) is 10.1 Å². The van der Waals surface area contributed by atoms with E-state index in [0.29, 0.717) is 4.47 Å². The second-order valence-corrected chi connectivity index (χ2v) is 2.76. The van der Waals surface area contributed by atoms with Gasteiger partial charge >= 0.3 is 5.82 Å². The lowest BCUT2D eigenvalue weighted by atomic mass is 10.4. The van der Waals surface area contributed by atoms with E-state index in [1.807, 2.05) is 0 Å². The Bertz CT molecular complexity index is 316. The molecule has 0 aliphatic carbocycles. The van der Waals surface area contributed by atoms with Crippen molar-refractivity contribution in [2.24, 2.45) is 0 Å². The number of nitrogens with zero attached hydrogens (tertiary/aromatic N) is 2. The van der Waals surface area contributed by atoms with Gasteiger partial charge in [0.1, 0.15) is 6.20 Å². The second kappa shape index (κ2) is 3.48. The topological polar surface area (TPSA) is 65.3 Å². The SMILES string of the molecule is COc1c(Br)ccnc1[N+](=O)[O-]. The van der Waals surface area contributed by atoms with Crippen LogP contribution in [-0.2, 0) is 0 Å². The lowest BCUT2D eigenvalue weighted by Crippen LogP contribution is -1.96. The van der Waals surface area contributed by atoms with E-state index in [0.717, 1.165) is 0 Å². The molecule has 0 saturated heterocycles. The summed E-state index contributed by atoms with van der Waals surface area (Å²) >= 11 is 3.11. The molecule has 12 heavy (non-hydrogen) atoms. The van der Waals surface area contributed by atoms with Gasteiger partial charge in [0.15, 0.2) is 0 Å². The first kappa shape index (κ1) is 8.92. The van der Waals surface area contributed by atoms with Crippen LogP contribution in [0.4, 0.5) is 5.82 Å². The molecule has 0 N–H and O–H groups in total. The quantitative estimate of drug-likeness (QED) is 0.576. The van der Waals surface area contributed by atoms with Crippen molar-refractivity contribution >= 4 is 21.7 Å². The molecule has 0 saturated carbocycles. The third kappa shape index (κ3) is 1.53. The molecule has 1 aromatic heterocycles. The van der Waals surface area contributed by atoms with Crippen LogP contribution in [0.1, 0.15) is 0 Å². The molecular weight excluding hydrogens is 228 g/mol. The molecule has 5 nitrogen and oxygen atoms in total. The normalized spacial score (nSPS) is 9.50. The Balaban J connectivity index is 3.27. The Hall–Kier alpha value is -1.17. The molecular formula is C6H5BrN2O3. The summed E-state index contributed by atoms with van der Waals surface area (Å²) in [5.74, 6) is -0.144. The number of methoxy groups -OCH3 is 1. The van der Waals surface area contributed by atoms with E-state index >= 15 is 0 Å². The fourth-order valence-corrected chi connectivity index (χ4v) is 1.19. The van der Waals surface area contributed by atoms with E-state index in [4.69, 9.17) is 4.74 Å². The van der Waals surface area contributed by atoms with Crippen molar-refractivity contribution in [2.75, 3.05) is 7.11 Å². The number of halogens is 1. The predicted molar refractivity (Wildman–Crippen MR) is 45.1 cm³/mol. The number of aromatic nitrogens is 1. The first-order valence-electron chi connectivity index (χ1n) is 2.99. The van der Waals surface area contributed by atoms with Crippen molar-refractivity contribution in [3.05, 3.63) is 26.9 Å². The lowest BCUT2D eigenvalue weighted by molar-refractivity contribution is -0.390. The molecule has 0 aromatic carbocycles. The van der Waals surface area contributed by atoms with Crippen LogP contribution in [0.3, 0.4) is 0 Å². The fraction of sp³-hybridized carbons (Fsp3) is 0.167. The summed E-state index contributed by atoms with van der Waals surface area (Å²) in [6, 6.07) is 1.58. The number of pyridine rings is 1. The van der Waals surface area contributed by atoms with Gasteiger partial charge in [-0.15, -0.1) is 0 Å². The van der Waals surface area contributed by atoms with Gasteiger partial charge in [-0.05, 0) is 25.8 Å². The molecule has 1 aromatic rings. The molecule has 64 valence electrons. The van der Waals surface area contributed by atoms with Gasteiger partial charge in [-0.3, -0.25) is 0 Å². The third-order valence-electron chi connectivity index (χ3n) is 1.21. The molecule has 0 amide bonds. The molecule has 1 heterocycles. The van der Waals surface area contributed by atoms with Crippen LogP contribution in [-0.4, -0.2) is 17.0 Å². The third-order valence-corrected chi connectivity index (χ3v) is 1.84. The molecule has 0 radical (unpaired) electrons. The Morgan fingerprint density at radius 2 is 2.42 bits per heavy atom. The van der Waals surface area contributed by atoms with E-state index < -0.39 is 4.92 Å². The van der Waals surface area contributed by atoms with Gasteiger partial charge in [0.05, 0.1) is 11.6 Å². The van der Waals surface area contributed by atoms with Crippen molar-refractivity contribution in [3.63, 3.8) is 0 Å². The van der Waals surface area contributed by atoms with Gasteiger partial charge in [-0.25, -0.2) is 0 Å². The highest BCUT2D eigenvalue weighted by Gasteiger charge is 2.18. The highest BCUT2D eigenvalue weighted by Crippen LogP contribution is 2.31. The number of nitro groups is 1. The molecule has 0 bridgehead atoms. The molecule has 0 spiro atoms. The highest BCUT2D eigenvalue weighted by atomic mass is 79.9. The number of ether oxygens (including phenoxy) is 1. The van der Waals surface area contributed by atoms with E-state index in [1.54, 1.807) is 6.07 Å². The zero-order chi connectivity index (χ0) is 9.14. The number of rotatable bonds is 2. The van der Waals surface area contributed by atoms with E-state index in [1.165, 1.54) is 13.3 Å². The highest BCUT2D eigenvalue weighted by molar-refractivity contribution is 9.10. The van der Waals surface area contributed by atoms with Gasteiger partial charge in [-0.2, -0.15) is 0 Å². The Kier molecular flexibility index (Phi) is 2.59. The summed E-state index contributed by atoms with van der Waals surface area (Å²) in [5.41, 5.74) is 0. The molecule has 0 aliphatic rings. The van der Waals surface area contributed by atoms with Crippen LogP contribution in [0.25, 0.3) is 0 Å². The zero-order valence-electron chi connectivity index (χ0n) is 6.15. The second-order valence-electron chi connectivity index (χ2n) is 1.91. The monoisotopic (exact) mass is 232 g/mol. The van der Waals surface area contributed by atoms with Gasteiger partial charge in [0, 0.05) is 6.07 Å². The maximum Gasteiger partial charge on any atom is 0.407 e. The first-order valence-corrected chi connectivity index (χ1v) is 3.79. The van der Waals surface area contributed by atoms with Crippen LogP contribution < -0.4 is 4.74 Å². The number of hydrogen-bond donors (Lipinski definition) is 0. The standard InChI is InChI=1S/C6H5BrN2O3/c1-12-5-4(7)2-3-8-6(5)9(10)11/h2-3H,1H3. The van der Waals surface area contributed by atoms with E-state index in [-0.39, 0.29) is 11.6 Å². The summed E-state index contributed by atoms with van der Waals surface area (Å²) in [6.07, 6.45) is 1.34. The van der Waals surface area contributed by atoms with Crippen LogP contribution in [0.2, 0.25) is 0 Å². The summed E-state index contributed by atoms with van der Waals surface area (Å²) in [7, 11) is 1.36. The minimum atomic E-state index is -0.594. The minimum absolute atomic E-state index is 0.141. The maximum absolute atomic E-state index is 10.4. The Morgan fingerprint density at radius 3 is 2.83 bits per heavy atom. The molecule has 0 aliphatic heterocycles. The summed E-state index contributed by atoms with van der Waals surface area (Å²) in [4.78, 5) is 13.3. The van der Waals surface area contributed by atoms with Gasteiger partial charge in [0.2, 0.25) is 5.75 Å². The number of hydrogen-bond acceptors (Lipinski definition) is 4. The smallest absolute Gasteiger partial charge is 0.407 e. The first-order chi connectivity index (χ1) is 5.66. The molecule has 1 rings (SSSR count). The molecule has 0 fully saturated rings. The molecule has 0 unspecified atom stereocenters. The largest absolute Gasteiger partial charge is 0.488 e. The molecule has 6 heteroatoms. The zero-order valence-corrected chi connectivity index (χ0v) is 7.74.